The molecule has 0 radical (unpaired) electrons. The van der Waals surface area contributed by atoms with Gasteiger partial charge in [0.2, 0.25) is 0 Å². The average molecular weight is 259 g/mol. The van der Waals surface area contributed by atoms with E-state index in [2.05, 4.69) is 39.8 Å². The molecular formula is C13H19ClOS. The van der Waals surface area contributed by atoms with Crippen LogP contribution in [0.3, 0.4) is 0 Å². The molecule has 0 N–H and O–H groups in total. The van der Waals surface area contributed by atoms with E-state index in [1.54, 1.807) is 7.11 Å². The first-order valence-corrected chi connectivity index (χ1v) is 7.14. The number of rotatable bonds is 4. The number of methoxy groups -OCH3 is 1. The van der Waals surface area contributed by atoms with Crippen molar-refractivity contribution in [3.63, 3.8) is 0 Å². The molecule has 0 aliphatic rings. The molecule has 0 saturated heterocycles. The minimum Gasteiger partial charge on any atom is -0.496 e. The molecule has 0 amide bonds. The Balaban J connectivity index is 3.19. The highest BCUT2D eigenvalue weighted by atomic mass is 35.7. The molecule has 1 aromatic rings. The first-order chi connectivity index (χ1) is 7.51. The lowest BCUT2D eigenvalue weighted by atomic mass is 9.97. The minimum atomic E-state index is 0.315. The van der Waals surface area contributed by atoms with Gasteiger partial charge in [-0.05, 0) is 64.2 Å². The van der Waals surface area contributed by atoms with Crippen molar-refractivity contribution < 1.29 is 4.74 Å². The van der Waals surface area contributed by atoms with Crippen molar-refractivity contribution in [1.29, 1.82) is 0 Å². The van der Waals surface area contributed by atoms with Gasteiger partial charge in [-0.3, -0.25) is 0 Å². The maximum absolute atomic E-state index is 5.96. The summed E-state index contributed by atoms with van der Waals surface area (Å²) in [5.74, 6) is 1.46. The molecule has 0 saturated carbocycles. The highest BCUT2D eigenvalue weighted by molar-refractivity contribution is 8.21. The molecule has 1 rings (SSSR count). The lowest BCUT2D eigenvalue weighted by molar-refractivity contribution is 0.410. The van der Waals surface area contributed by atoms with E-state index in [0.29, 0.717) is 11.2 Å². The summed E-state index contributed by atoms with van der Waals surface area (Å²) >= 11 is 0. The van der Waals surface area contributed by atoms with Crippen LogP contribution in [0.4, 0.5) is 0 Å². The number of hydrogen-bond acceptors (Lipinski definition) is 2. The van der Waals surface area contributed by atoms with Crippen LogP contribution >= 0.6 is 21.7 Å². The van der Waals surface area contributed by atoms with Gasteiger partial charge in [-0.1, -0.05) is 19.9 Å². The van der Waals surface area contributed by atoms with Crippen molar-refractivity contribution in [3.05, 3.63) is 28.8 Å². The fourth-order valence-corrected chi connectivity index (χ4v) is 3.14. The summed E-state index contributed by atoms with van der Waals surface area (Å²) in [4.78, 5) is 0. The van der Waals surface area contributed by atoms with Gasteiger partial charge in [-0.15, -0.1) is 0 Å². The average Bonchev–Trinajstić information content (AvgIpc) is 2.23. The monoisotopic (exact) mass is 258 g/mol. The second-order valence-electron chi connectivity index (χ2n) is 4.42. The fourth-order valence-electron chi connectivity index (χ4n) is 1.77. The summed E-state index contributed by atoms with van der Waals surface area (Å²) in [6, 6.07) is 4.31. The number of halogens is 1. The van der Waals surface area contributed by atoms with Crippen LogP contribution in [0.15, 0.2) is 12.1 Å². The third kappa shape index (κ3) is 2.86. The van der Waals surface area contributed by atoms with E-state index >= 15 is 0 Å². The van der Waals surface area contributed by atoms with Gasteiger partial charge in [0, 0.05) is 5.25 Å². The summed E-state index contributed by atoms with van der Waals surface area (Å²) in [5, 5.41) is 0.315. The lowest BCUT2D eigenvalue weighted by Crippen LogP contribution is -2.03. The summed E-state index contributed by atoms with van der Waals surface area (Å²) in [5.41, 5.74) is 3.70. The molecule has 16 heavy (non-hydrogen) atoms. The summed E-state index contributed by atoms with van der Waals surface area (Å²) in [7, 11) is 9.05. The number of benzene rings is 1. The molecule has 0 fully saturated rings. The van der Waals surface area contributed by atoms with Gasteiger partial charge in [0.25, 0.3) is 0 Å². The highest BCUT2D eigenvalue weighted by Crippen LogP contribution is 2.40. The van der Waals surface area contributed by atoms with Gasteiger partial charge < -0.3 is 4.74 Å². The van der Waals surface area contributed by atoms with Gasteiger partial charge in [-0.25, -0.2) is 0 Å². The summed E-state index contributed by atoms with van der Waals surface area (Å²) in [6.45, 7) is 8.55. The van der Waals surface area contributed by atoms with Crippen molar-refractivity contribution in [2.75, 3.05) is 7.11 Å². The molecule has 1 nitrogen and oxygen atoms in total. The van der Waals surface area contributed by atoms with Crippen LogP contribution in [-0.4, -0.2) is 7.11 Å². The SMILES string of the molecule is COc1cc(C(SCl)C(C)C)cc(C)c1C. The van der Waals surface area contributed by atoms with Crippen LogP contribution < -0.4 is 4.74 Å². The number of aryl methyl sites for hydroxylation is 1. The Morgan fingerprint density at radius 1 is 1.25 bits per heavy atom. The standard InChI is InChI=1S/C13H19ClOS/c1-8(2)13(16-14)11-6-9(3)10(4)12(7-11)15-5/h6-8,13H,1-5H3. The molecule has 90 valence electrons. The Hall–Kier alpha value is -0.340. The number of hydrogen-bond donors (Lipinski definition) is 0. The van der Waals surface area contributed by atoms with Gasteiger partial charge >= 0.3 is 0 Å². The fraction of sp³-hybridized carbons (Fsp3) is 0.538. The Labute approximate surface area is 107 Å². The zero-order chi connectivity index (χ0) is 12.3. The van der Waals surface area contributed by atoms with E-state index in [1.807, 2.05) is 0 Å². The van der Waals surface area contributed by atoms with Crippen molar-refractivity contribution in [3.8, 4) is 5.75 Å². The predicted molar refractivity (Wildman–Crippen MR) is 73.5 cm³/mol. The zero-order valence-electron chi connectivity index (χ0n) is 10.5. The van der Waals surface area contributed by atoms with E-state index in [-0.39, 0.29) is 0 Å². The van der Waals surface area contributed by atoms with Crippen molar-refractivity contribution in [2.45, 2.75) is 32.9 Å². The van der Waals surface area contributed by atoms with Crippen LogP contribution in [-0.2, 0) is 0 Å². The first kappa shape index (κ1) is 13.7. The van der Waals surface area contributed by atoms with Gasteiger partial charge in [0.05, 0.1) is 7.11 Å². The molecule has 1 aromatic carbocycles. The smallest absolute Gasteiger partial charge is 0.122 e. The van der Waals surface area contributed by atoms with E-state index in [9.17, 15) is 0 Å². The Morgan fingerprint density at radius 3 is 2.31 bits per heavy atom. The molecular weight excluding hydrogens is 240 g/mol. The first-order valence-electron chi connectivity index (χ1n) is 5.43. The molecule has 0 spiro atoms. The number of ether oxygens (including phenoxy) is 1. The third-order valence-electron chi connectivity index (χ3n) is 2.89. The second-order valence-corrected chi connectivity index (χ2v) is 5.64. The normalized spacial score (nSPS) is 12.9. The summed E-state index contributed by atoms with van der Waals surface area (Å²) < 4.78 is 5.39. The van der Waals surface area contributed by atoms with Crippen LogP contribution in [0.2, 0.25) is 0 Å². The maximum atomic E-state index is 5.96. The van der Waals surface area contributed by atoms with Crippen LogP contribution in [0.5, 0.6) is 5.75 Å². The molecule has 0 aliphatic carbocycles. The molecule has 0 aromatic heterocycles. The highest BCUT2D eigenvalue weighted by Gasteiger charge is 2.18. The molecule has 1 atom stereocenters. The van der Waals surface area contributed by atoms with Crippen molar-refractivity contribution in [1.82, 2.24) is 0 Å². The van der Waals surface area contributed by atoms with Crippen molar-refractivity contribution >= 4 is 21.7 Å². The largest absolute Gasteiger partial charge is 0.496 e. The third-order valence-corrected chi connectivity index (χ3v) is 4.48. The van der Waals surface area contributed by atoms with E-state index in [1.165, 1.54) is 27.7 Å². The zero-order valence-corrected chi connectivity index (χ0v) is 12.1. The topological polar surface area (TPSA) is 9.23 Å². The van der Waals surface area contributed by atoms with E-state index in [0.717, 1.165) is 5.75 Å². The van der Waals surface area contributed by atoms with Crippen LogP contribution in [0, 0.1) is 19.8 Å². The molecule has 0 bridgehead atoms. The van der Waals surface area contributed by atoms with Gasteiger partial charge in [0.15, 0.2) is 0 Å². The quantitative estimate of drug-likeness (QED) is 0.760. The second kappa shape index (κ2) is 5.83. The molecule has 1 unspecified atom stereocenters. The van der Waals surface area contributed by atoms with Gasteiger partial charge in [0.1, 0.15) is 5.75 Å². The minimum absolute atomic E-state index is 0.315. The Morgan fingerprint density at radius 2 is 1.88 bits per heavy atom. The Kier molecular flexibility index (Phi) is 5.00. The molecule has 0 aliphatic heterocycles. The van der Waals surface area contributed by atoms with Crippen LogP contribution in [0.25, 0.3) is 0 Å². The Bertz CT molecular complexity index is 363. The van der Waals surface area contributed by atoms with Gasteiger partial charge in [-0.2, -0.15) is 0 Å². The molecule has 0 heterocycles. The van der Waals surface area contributed by atoms with Crippen molar-refractivity contribution in [2.24, 2.45) is 5.92 Å². The van der Waals surface area contributed by atoms with Crippen LogP contribution in [0.1, 0.15) is 35.8 Å². The molecule has 3 heteroatoms. The van der Waals surface area contributed by atoms with E-state index < -0.39 is 0 Å². The predicted octanol–water partition coefficient (Wildman–Crippen LogP) is 4.90. The lowest BCUT2D eigenvalue weighted by Gasteiger charge is -2.20. The maximum Gasteiger partial charge on any atom is 0.122 e. The summed E-state index contributed by atoms with van der Waals surface area (Å²) in [6.07, 6.45) is 0. The van der Waals surface area contributed by atoms with E-state index in [4.69, 9.17) is 15.4 Å².